The zero-order valence-corrected chi connectivity index (χ0v) is 11.5. The molecule has 1 aliphatic heterocycles. The van der Waals surface area contributed by atoms with E-state index in [9.17, 15) is 14.9 Å². The zero-order valence-electron chi connectivity index (χ0n) is 11.5. The molecule has 1 saturated heterocycles. The number of rotatable bonds is 3. The van der Waals surface area contributed by atoms with Crippen LogP contribution in [-0.2, 0) is 4.79 Å². The molecule has 2 fully saturated rings. The summed E-state index contributed by atoms with van der Waals surface area (Å²) in [6.07, 6.45) is 1.66. The van der Waals surface area contributed by atoms with Crippen LogP contribution in [0.25, 0.3) is 0 Å². The average Bonchev–Trinajstić information content (AvgIpc) is 2.76. The molecular weight excluding hydrogens is 256 g/mol. The van der Waals surface area contributed by atoms with Gasteiger partial charge in [-0.3, -0.25) is 14.9 Å². The fourth-order valence-corrected chi connectivity index (χ4v) is 3.56. The van der Waals surface area contributed by atoms with E-state index < -0.39 is 0 Å². The number of nitro groups is 1. The van der Waals surface area contributed by atoms with Gasteiger partial charge in [0.05, 0.1) is 4.92 Å². The van der Waals surface area contributed by atoms with Crippen LogP contribution in [0.1, 0.15) is 31.2 Å². The van der Waals surface area contributed by atoms with E-state index in [2.05, 4.69) is 0 Å². The van der Waals surface area contributed by atoms with Crippen molar-refractivity contribution in [3.8, 4) is 0 Å². The molecule has 106 valence electrons. The molecule has 1 aromatic rings. The average molecular weight is 274 g/mol. The van der Waals surface area contributed by atoms with Crippen molar-refractivity contribution in [3.63, 3.8) is 0 Å². The molecule has 0 spiro atoms. The number of nitro benzene ring substituents is 1. The van der Waals surface area contributed by atoms with Crippen molar-refractivity contribution >= 4 is 11.6 Å². The molecule has 0 radical (unpaired) electrons. The maximum absolute atomic E-state index is 11.7. The molecule has 1 aromatic carbocycles. The van der Waals surface area contributed by atoms with Crippen LogP contribution in [0, 0.1) is 22.0 Å². The summed E-state index contributed by atoms with van der Waals surface area (Å²) < 4.78 is 0. The van der Waals surface area contributed by atoms with Gasteiger partial charge < -0.3 is 4.90 Å². The monoisotopic (exact) mass is 274 g/mol. The molecule has 3 unspecified atom stereocenters. The second-order valence-corrected chi connectivity index (χ2v) is 5.77. The lowest BCUT2D eigenvalue weighted by Gasteiger charge is -2.39. The number of amides is 1. The highest BCUT2D eigenvalue weighted by Crippen LogP contribution is 2.51. The van der Waals surface area contributed by atoms with Gasteiger partial charge in [0.15, 0.2) is 0 Å². The maximum Gasteiger partial charge on any atom is 0.269 e. The van der Waals surface area contributed by atoms with Crippen molar-refractivity contribution in [2.45, 2.75) is 25.7 Å². The quantitative estimate of drug-likeness (QED) is 0.628. The van der Waals surface area contributed by atoms with E-state index in [1.54, 1.807) is 12.1 Å². The number of likely N-dealkylation sites (tertiary alicyclic amines) is 1. The summed E-state index contributed by atoms with van der Waals surface area (Å²) in [6.45, 7) is 3.64. The third-order valence-corrected chi connectivity index (χ3v) is 4.75. The minimum absolute atomic E-state index is 0.138. The molecule has 5 nitrogen and oxygen atoms in total. The molecule has 3 rings (SSSR count). The molecule has 0 aromatic heterocycles. The Hall–Kier alpha value is -1.91. The standard InChI is InChI=1S/C15H18N2O3/c1-2-15(18)16-8-11-7-13(14(11)9-16)10-3-5-12(6-4-10)17(19)20/h3-6,11,13-14H,2,7-9H2,1H3. The number of carbonyl (C=O) groups is 1. The summed E-state index contributed by atoms with van der Waals surface area (Å²) in [7, 11) is 0. The van der Waals surface area contributed by atoms with E-state index in [0.717, 1.165) is 19.5 Å². The molecule has 5 heteroatoms. The topological polar surface area (TPSA) is 63.5 Å². The lowest BCUT2D eigenvalue weighted by atomic mass is 9.64. The van der Waals surface area contributed by atoms with Crippen molar-refractivity contribution in [3.05, 3.63) is 39.9 Å². The van der Waals surface area contributed by atoms with E-state index in [1.807, 2.05) is 24.0 Å². The Balaban J connectivity index is 1.69. The smallest absolute Gasteiger partial charge is 0.269 e. The molecule has 3 atom stereocenters. The van der Waals surface area contributed by atoms with Gasteiger partial charge >= 0.3 is 0 Å². The number of nitrogens with zero attached hydrogens (tertiary/aromatic N) is 2. The predicted molar refractivity (Wildman–Crippen MR) is 74.3 cm³/mol. The van der Waals surface area contributed by atoms with Crippen LogP contribution in [0.5, 0.6) is 0 Å². The molecule has 1 amide bonds. The second-order valence-electron chi connectivity index (χ2n) is 5.77. The first-order valence-electron chi connectivity index (χ1n) is 7.12. The van der Waals surface area contributed by atoms with Crippen LogP contribution in [0.15, 0.2) is 24.3 Å². The molecule has 1 aliphatic carbocycles. The molecule has 0 bridgehead atoms. The Labute approximate surface area is 117 Å². The second kappa shape index (κ2) is 4.89. The highest BCUT2D eigenvalue weighted by Gasteiger charge is 2.48. The summed E-state index contributed by atoms with van der Waals surface area (Å²) in [5.74, 6) is 1.84. The largest absolute Gasteiger partial charge is 0.342 e. The van der Waals surface area contributed by atoms with Crippen molar-refractivity contribution < 1.29 is 9.72 Å². The minimum Gasteiger partial charge on any atom is -0.342 e. The summed E-state index contributed by atoms with van der Waals surface area (Å²) in [6, 6.07) is 6.88. The molecule has 2 aliphatic rings. The third kappa shape index (κ3) is 2.07. The van der Waals surface area contributed by atoms with Crippen LogP contribution >= 0.6 is 0 Å². The Morgan fingerprint density at radius 3 is 2.65 bits per heavy atom. The highest BCUT2D eigenvalue weighted by atomic mass is 16.6. The number of benzene rings is 1. The van der Waals surface area contributed by atoms with Crippen LogP contribution in [0.3, 0.4) is 0 Å². The molecular formula is C15H18N2O3. The van der Waals surface area contributed by atoms with Crippen LogP contribution in [0.4, 0.5) is 5.69 Å². The fourth-order valence-electron chi connectivity index (χ4n) is 3.56. The van der Waals surface area contributed by atoms with Crippen molar-refractivity contribution in [2.75, 3.05) is 13.1 Å². The Kier molecular flexibility index (Phi) is 3.20. The summed E-state index contributed by atoms with van der Waals surface area (Å²) in [4.78, 5) is 24.0. The van der Waals surface area contributed by atoms with Crippen LogP contribution < -0.4 is 0 Å². The molecule has 0 N–H and O–H groups in total. The van der Waals surface area contributed by atoms with Gasteiger partial charge in [-0.2, -0.15) is 0 Å². The molecule has 1 heterocycles. The van der Waals surface area contributed by atoms with E-state index >= 15 is 0 Å². The van der Waals surface area contributed by atoms with E-state index in [-0.39, 0.29) is 16.5 Å². The third-order valence-electron chi connectivity index (χ3n) is 4.75. The zero-order chi connectivity index (χ0) is 14.3. The van der Waals surface area contributed by atoms with Gasteiger partial charge in [0, 0.05) is 31.6 Å². The van der Waals surface area contributed by atoms with Crippen molar-refractivity contribution in [1.82, 2.24) is 4.90 Å². The summed E-state index contributed by atoms with van der Waals surface area (Å²) in [5, 5.41) is 10.7. The lowest BCUT2D eigenvalue weighted by Crippen LogP contribution is -2.33. The normalized spacial score (nSPS) is 27.9. The van der Waals surface area contributed by atoms with Crippen molar-refractivity contribution in [1.29, 1.82) is 0 Å². The van der Waals surface area contributed by atoms with Gasteiger partial charge in [-0.25, -0.2) is 0 Å². The minimum atomic E-state index is -0.370. The Morgan fingerprint density at radius 1 is 1.35 bits per heavy atom. The molecule has 20 heavy (non-hydrogen) atoms. The van der Waals surface area contributed by atoms with Crippen LogP contribution in [0.2, 0.25) is 0 Å². The molecule has 1 saturated carbocycles. The van der Waals surface area contributed by atoms with E-state index in [1.165, 1.54) is 5.56 Å². The summed E-state index contributed by atoms with van der Waals surface area (Å²) in [5.41, 5.74) is 1.31. The maximum atomic E-state index is 11.7. The summed E-state index contributed by atoms with van der Waals surface area (Å²) >= 11 is 0. The highest BCUT2D eigenvalue weighted by molar-refractivity contribution is 5.76. The van der Waals surface area contributed by atoms with Gasteiger partial charge in [0.2, 0.25) is 5.91 Å². The fraction of sp³-hybridized carbons (Fsp3) is 0.533. The van der Waals surface area contributed by atoms with Gasteiger partial charge in [-0.1, -0.05) is 19.1 Å². The number of hydrogen-bond acceptors (Lipinski definition) is 3. The lowest BCUT2D eigenvalue weighted by molar-refractivity contribution is -0.384. The number of non-ortho nitro benzene ring substituents is 1. The number of hydrogen-bond donors (Lipinski definition) is 0. The van der Waals surface area contributed by atoms with Gasteiger partial charge in [0.25, 0.3) is 5.69 Å². The first kappa shape index (κ1) is 13.1. The van der Waals surface area contributed by atoms with Gasteiger partial charge in [-0.05, 0) is 29.7 Å². The van der Waals surface area contributed by atoms with Crippen molar-refractivity contribution in [2.24, 2.45) is 11.8 Å². The van der Waals surface area contributed by atoms with Gasteiger partial charge in [-0.15, -0.1) is 0 Å². The van der Waals surface area contributed by atoms with E-state index in [4.69, 9.17) is 0 Å². The first-order chi connectivity index (χ1) is 9.60. The van der Waals surface area contributed by atoms with Gasteiger partial charge in [0.1, 0.15) is 0 Å². The Bertz CT molecular complexity index is 541. The number of carbonyl (C=O) groups excluding carboxylic acids is 1. The Morgan fingerprint density at radius 2 is 2.05 bits per heavy atom. The predicted octanol–water partition coefficient (Wildman–Crippen LogP) is 2.57. The first-order valence-corrected chi connectivity index (χ1v) is 7.12. The number of fused-ring (bicyclic) bond motifs is 1. The SMILES string of the molecule is CCC(=O)N1CC2CC(c3ccc([N+](=O)[O-])cc3)C2C1. The van der Waals surface area contributed by atoms with E-state index in [0.29, 0.717) is 24.2 Å². The van der Waals surface area contributed by atoms with Crippen LogP contribution in [-0.4, -0.2) is 28.8 Å².